The van der Waals surface area contributed by atoms with E-state index in [9.17, 15) is 0 Å². The number of aromatic nitrogens is 3. The van der Waals surface area contributed by atoms with Gasteiger partial charge in [0.25, 0.3) is 0 Å². The summed E-state index contributed by atoms with van der Waals surface area (Å²) < 4.78 is 4.98. The lowest BCUT2D eigenvalue weighted by Crippen LogP contribution is -2.08. The number of rotatable bonds is 3. The minimum Gasteiger partial charge on any atom is -0.309 e. The third-order valence-electron chi connectivity index (χ3n) is 11.7. The van der Waals surface area contributed by atoms with E-state index in [1.807, 2.05) is 11.3 Å². The Morgan fingerprint density at radius 3 is 2.22 bits per heavy atom. The van der Waals surface area contributed by atoms with Gasteiger partial charge in [0.1, 0.15) is 0 Å². The fourth-order valence-electron chi connectivity index (χ4n) is 9.17. The van der Waals surface area contributed by atoms with E-state index in [1.165, 1.54) is 91.1 Å². The molecule has 0 saturated heterocycles. The summed E-state index contributed by atoms with van der Waals surface area (Å²) in [4.78, 5) is 10.3. The molecule has 0 radical (unpaired) electrons. The van der Waals surface area contributed by atoms with E-state index in [-0.39, 0.29) is 0 Å². The smallest absolute Gasteiger partial charge is 0.160 e. The highest BCUT2D eigenvalue weighted by atomic mass is 32.1. The molecule has 0 saturated carbocycles. The summed E-state index contributed by atoms with van der Waals surface area (Å²) in [5.41, 5.74) is 9.34. The molecule has 0 spiro atoms. The van der Waals surface area contributed by atoms with Crippen molar-refractivity contribution >= 4 is 97.3 Å². The summed E-state index contributed by atoms with van der Waals surface area (Å²) >= 11 is 1.85. The molecular weight excluding hydrogens is 675 g/mol. The van der Waals surface area contributed by atoms with Crippen molar-refractivity contribution in [2.75, 3.05) is 0 Å². The second-order valence-electron chi connectivity index (χ2n) is 14.7. The van der Waals surface area contributed by atoms with Crippen LogP contribution in [0.4, 0.5) is 0 Å². The third-order valence-corrected chi connectivity index (χ3v) is 12.8. The Bertz CT molecular complexity index is 3340. The number of para-hydroxylation sites is 1. The largest absolute Gasteiger partial charge is 0.309 e. The molecule has 3 heterocycles. The van der Waals surface area contributed by atoms with Gasteiger partial charge >= 0.3 is 0 Å². The van der Waals surface area contributed by atoms with E-state index < -0.39 is 0 Å². The Balaban J connectivity index is 1.02. The standard InChI is InChI=1S/C50H33N3S/c1-2-11-32(12-3-1)49-40-14-6-8-16-42(40)51-50(52-49)33-21-23-36-37-25-22-34(29-46(37)54-45(36)28-33)53-43-17-9-7-15-41(43)48-39-24-20-31-19-18-30-10-4-5-13-35(30)47(31)38(39)26-27-44(48)53/h2,4-5,7-13,15-29H,1,3,6,14H2. The SMILES string of the molecule is C1=CC(c2nc(-c3ccc4c(c3)sc3cc(-n5c6ccccc6c6c7ccc8ccc9ccccc9c8c7ccc65)ccc34)nc3c2CCC=C3)=CCC1. The number of nitrogens with zero attached hydrogens (tertiary/aromatic N) is 3. The first-order valence-corrected chi connectivity index (χ1v) is 19.8. The van der Waals surface area contributed by atoms with Gasteiger partial charge in [-0.2, -0.15) is 0 Å². The van der Waals surface area contributed by atoms with E-state index in [4.69, 9.17) is 9.97 Å². The molecule has 7 aromatic carbocycles. The molecule has 0 N–H and O–H groups in total. The monoisotopic (exact) mass is 707 g/mol. The van der Waals surface area contributed by atoms with Gasteiger partial charge in [-0.25, -0.2) is 9.97 Å². The van der Waals surface area contributed by atoms with E-state index in [0.717, 1.165) is 48.5 Å². The van der Waals surface area contributed by atoms with E-state index in [0.29, 0.717) is 0 Å². The van der Waals surface area contributed by atoms with Crippen LogP contribution in [0.5, 0.6) is 0 Å². The van der Waals surface area contributed by atoms with Crippen molar-refractivity contribution < 1.29 is 0 Å². The number of fused-ring (bicyclic) bond motifs is 13. The van der Waals surface area contributed by atoms with E-state index in [1.54, 1.807) is 0 Å². The fraction of sp³-hybridized carbons (Fsp3) is 0.0800. The van der Waals surface area contributed by atoms with Crippen LogP contribution < -0.4 is 0 Å². The van der Waals surface area contributed by atoms with Crippen molar-refractivity contribution in [3.63, 3.8) is 0 Å². The number of benzene rings is 7. The Kier molecular flexibility index (Phi) is 6.46. The molecule has 54 heavy (non-hydrogen) atoms. The zero-order chi connectivity index (χ0) is 35.3. The van der Waals surface area contributed by atoms with Crippen LogP contribution in [-0.4, -0.2) is 14.5 Å². The van der Waals surface area contributed by atoms with E-state index >= 15 is 0 Å². The molecule has 0 fully saturated rings. The Morgan fingerprint density at radius 2 is 1.30 bits per heavy atom. The predicted octanol–water partition coefficient (Wildman–Crippen LogP) is 13.8. The first kappa shape index (κ1) is 30.1. The second-order valence-corrected chi connectivity index (χ2v) is 15.8. The molecule has 0 bridgehead atoms. The lowest BCUT2D eigenvalue weighted by Gasteiger charge is -2.18. The molecule has 4 heteroatoms. The lowest BCUT2D eigenvalue weighted by molar-refractivity contribution is 0.930. The second kappa shape index (κ2) is 11.6. The molecule has 12 rings (SSSR count). The van der Waals surface area contributed by atoms with Crippen molar-refractivity contribution in [3.05, 3.63) is 163 Å². The van der Waals surface area contributed by atoms with Gasteiger partial charge < -0.3 is 4.57 Å². The molecule has 254 valence electrons. The van der Waals surface area contributed by atoms with Crippen LogP contribution in [0.3, 0.4) is 0 Å². The quantitative estimate of drug-likeness (QED) is 0.171. The maximum atomic E-state index is 5.24. The van der Waals surface area contributed by atoms with Gasteiger partial charge in [-0.3, -0.25) is 0 Å². The van der Waals surface area contributed by atoms with Crippen LogP contribution in [0.2, 0.25) is 0 Å². The van der Waals surface area contributed by atoms with Gasteiger partial charge in [-0.15, -0.1) is 11.3 Å². The van der Waals surface area contributed by atoms with Gasteiger partial charge in [0.2, 0.25) is 0 Å². The molecule has 0 aliphatic heterocycles. The Hall–Kier alpha value is -6.36. The molecular formula is C50H33N3S. The van der Waals surface area contributed by atoms with Gasteiger partial charge in [0.05, 0.1) is 22.4 Å². The number of thiophene rings is 1. The summed E-state index contributed by atoms with van der Waals surface area (Å²) in [6.07, 6.45) is 15.4. The summed E-state index contributed by atoms with van der Waals surface area (Å²) in [5, 5.41) is 12.9. The van der Waals surface area contributed by atoms with Crippen molar-refractivity contribution in [2.45, 2.75) is 25.7 Å². The maximum absolute atomic E-state index is 5.24. The molecule has 0 atom stereocenters. The van der Waals surface area contributed by atoms with Gasteiger partial charge in [0, 0.05) is 47.8 Å². The normalized spacial score (nSPS) is 14.3. The summed E-state index contributed by atoms with van der Waals surface area (Å²) in [7, 11) is 0. The summed E-state index contributed by atoms with van der Waals surface area (Å²) in [6.45, 7) is 0. The summed E-state index contributed by atoms with van der Waals surface area (Å²) in [5.74, 6) is 0.800. The molecule has 10 aromatic rings. The molecule has 3 nitrogen and oxygen atoms in total. The minimum absolute atomic E-state index is 0.800. The summed E-state index contributed by atoms with van der Waals surface area (Å²) in [6, 6.07) is 45.2. The number of allylic oxidation sites excluding steroid dienone is 5. The van der Waals surface area contributed by atoms with Crippen molar-refractivity contribution in [1.82, 2.24) is 14.5 Å². The zero-order valence-corrected chi connectivity index (χ0v) is 30.3. The average Bonchev–Trinajstić information content (AvgIpc) is 3.78. The molecule has 2 aliphatic carbocycles. The van der Waals surface area contributed by atoms with Crippen LogP contribution in [0.25, 0.3) is 103 Å². The molecule has 3 aromatic heterocycles. The topological polar surface area (TPSA) is 30.7 Å². The molecule has 2 aliphatic rings. The highest BCUT2D eigenvalue weighted by Gasteiger charge is 2.20. The Labute approximate surface area is 315 Å². The Morgan fingerprint density at radius 1 is 0.537 bits per heavy atom. The first-order valence-electron chi connectivity index (χ1n) is 18.9. The van der Waals surface area contributed by atoms with Crippen molar-refractivity contribution in [2.24, 2.45) is 0 Å². The average molecular weight is 708 g/mol. The van der Waals surface area contributed by atoms with Crippen LogP contribution in [-0.2, 0) is 6.42 Å². The first-order chi connectivity index (χ1) is 26.8. The van der Waals surface area contributed by atoms with E-state index in [2.05, 4.69) is 156 Å². The highest BCUT2D eigenvalue weighted by molar-refractivity contribution is 7.25. The fourth-order valence-corrected chi connectivity index (χ4v) is 10.3. The lowest BCUT2D eigenvalue weighted by atomic mass is 9.93. The van der Waals surface area contributed by atoms with Crippen molar-refractivity contribution in [3.8, 4) is 17.1 Å². The van der Waals surface area contributed by atoms with Crippen LogP contribution in [0, 0.1) is 0 Å². The third kappa shape index (κ3) is 4.41. The molecule has 0 amide bonds. The number of hydrogen-bond donors (Lipinski definition) is 0. The van der Waals surface area contributed by atoms with Crippen molar-refractivity contribution in [1.29, 1.82) is 0 Å². The van der Waals surface area contributed by atoms with Gasteiger partial charge in [0.15, 0.2) is 5.82 Å². The van der Waals surface area contributed by atoms with Crippen LogP contribution >= 0.6 is 11.3 Å². The highest BCUT2D eigenvalue weighted by Crippen LogP contribution is 2.43. The molecule has 0 unspecified atom stereocenters. The van der Waals surface area contributed by atoms with Gasteiger partial charge in [-0.1, -0.05) is 115 Å². The van der Waals surface area contributed by atoms with Gasteiger partial charge in [-0.05, 0) is 100.0 Å². The predicted molar refractivity (Wildman–Crippen MR) is 231 cm³/mol. The zero-order valence-electron chi connectivity index (χ0n) is 29.5. The number of hydrogen-bond acceptors (Lipinski definition) is 3. The maximum Gasteiger partial charge on any atom is 0.160 e. The minimum atomic E-state index is 0.800. The van der Waals surface area contributed by atoms with Crippen LogP contribution in [0.1, 0.15) is 36.2 Å². The van der Waals surface area contributed by atoms with Crippen LogP contribution in [0.15, 0.2) is 146 Å².